The summed E-state index contributed by atoms with van der Waals surface area (Å²) in [5.74, 6) is -1.78. The van der Waals surface area contributed by atoms with Crippen molar-refractivity contribution in [1.82, 2.24) is 0 Å². The van der Waals surface area contributed by atoms with Crippen LogP contribution in [-0.4, -0.2) is 17.8 Å². The molecule has 170 valence electrons. The van der Waals surface area contributed by atoms with Crippen molar-refractivity contribution < 1.29 is 27.8 Å². The Labute approximate surface area is 182 Å². The van der Waals surface area contributed by atoms with Crippen LogP contribution in [0.5, 0.6) is 5.75 Å². The molecule has 1 saturated carbocycles. The van der Waals surface area contributed by atoms with Crippen LogP contribution in [-0.2, 0) is 11.3 Å². The maximum absolute atomic E-state index is 14.4. The summed E-state index contributed by atoms with van der Waals surface area (Å²) in [5, 5.41) is 9.96. The van der Waals surface area contributed by atoms with E-state index >= 15 is 0 Å². The van der Waals surface area contributed by atoms with Gasteiger partial charge in [0.2, 0.25) is 0 Å². The smallest absolute Gasteiger partial charge is 0.165 e. The standard InChI is InChI=1S/C25H31F3O3/c1-3-5-22(29)20-12-8-18(24(27)25(20)28)15-31-19-10-6-16(7-11-19)17-9-13-23(30-4-2)21(26)14-17/h8-9,12-14,16,19,22,29H,3-7,10-11,15H2,1-2H3. The number of hydrogen-bond acceptors (Lipinski definition) is 3. The van der Waals surface area contributed by atoms with Crippen LogP contribution in [0.15, 0.2) is 30.3 Å². The molecular formula is C25H31F3O3. The molecule has 0 aliphatic heterocycles. The molecule has 1 atom stereocenters. The van der Waals surface area contributed by atoms with Crippen LogP contribution in [0, 0.1) is 17.5 Å². The summed E-state index contributed by atoms with van der Waals surface area (Å²) in [6.45, 7) is 4.10. The highest BCUT2D eigenvalue weighted by Crippen LogP contribution is 2.36. The fourth-order valence-electron chi connectivity index (χ4n) is 4.22. The van der Waals surface area contributed by atoms with E-state index in [0.29, 0.717) is 19.4 Å². The third-order valence-corrected chi connectivity index (χ3v) is 5.99. The van der Waals surface area contributed by atoms with E-state index < -0.39 is 17.7 Å². The summed E-state index contributed by atoms with van der Waals surface area (Å²) in [6, 6.07) is 8.06. The molecule has 0 aromatic heterocycles. The largest absolute Gasteiger partial charge is 0.491 e. The van der Waals surface area contributed by atoms with Crippen LogP contribution in [0.1, 0.15) is 81.1 Å². The molecule has 0 bridgehead atoms. The van der Waals surface area contributed by atoms with Gasteiger partial charge in [-0.2, -0.15) is 0 Å². The van der Waals surface area contributed by atoms with Gasteiger partial charge in [-0.1, -0.05) is 31.5 Å². The Morgan fingerprint density at radius 3 is 2.39 bits per heavy atom. The molecule has 0 spiro atoms. The fraction of sp³-hybridized carbons (Fsp3) is 0.520. The van der Waals surface area contributed by atoms with E-state index in [2.05, 4.69) is 0 Å². The molecule has 3 nitrogen and oxygen atoms in total. The topological polar surface area (TPSA) is 38.7 Å². The molecule has 1 aliphatic rings. The number of rotatable bonds is 9. The zero-order valence-electron chi connectivity index (χ0n) is 18.2. The maximum atomic E-state index is 14.4. The van der Waals surface area contributed by atoms with E-state index in [4.69, 9.17) is 9.47 Å². The van der Waals surface area contributed by atoms with Crippen LogP contribution in [0.4, 0.5) is 13.2 Å². The Balaban J connectivity index is 1.54. The second kappa shape index (κ2) is 11.0. The molecule has 1 N–H and O–H groups in total. The predicted octanol–water partition coefficient (Wildman–Crippen LogP) is 6.58. The first-order valence-corrected chi connectivity index (χ1v) is 11.1. The SMILES string of the molecule is CCCC(O)c1ccc(COC2CCC(c3ccc(OCC)c(F)c3)CC2)c(F)c1F. The zero-order valence-corrected chi connectivity index (χ0v) is 18.2. The Hall–Kier alpha value is -2.05. The van der Waals surface area contributed by atoms with Crippen LogP contribution in [0.2, 0.25) is 0 Å². The first kappa shape index (κ1) is 23.6. The van der Waals surface area contributed by atoms with E-state index in [1.165, 1.54) is 12.1 Å². The van der Waals surface area contributed by atoms with Gasteiger partial charge in [-0.25, -0.2) is 13.2 Å². The van der Waals surface area contributed by atoms with Gasteiger partial charge in [-0.05, 0) is 62.6 Å². The van der Waals surface area contributed by atoms with Gasteiger partial charge in [-0.15, -0.1) is 0 Å². The number of ether oxygens (including phenoxy) is 2. The van der Waals surface area contributed by atoms with Gasteiger partial charge in [0.05, 0.1) is 25.4 Å². The highest BCUT2D eigenvalue weighted by atomic mass is 19.2. The number of halogens is 3. The molecule has 31 heavy (non-hydrogen) atoms. The number of aliphatic hydroxyl groups excluding tert-OH is 1. The lowest BCUT2D eigenvalue weighted by Gasteiger charge is -2.29. The van der Waals surface area contributed by atoms with E-state index in [1.807, 2.05) is 19.9 Å². The van der Waals surface area contributed by atoms with Gasteiger partial charge in [0.15, 0.2) is 23.2 Å². The van der Waals surface area contributed by atoms with Crippen molar-refractivity contribution in [3.8, 4) is 5.75 Å². The normalized spacial score (nSPS) is 19.9. The molecule has 1 fully saturated rings. The Bertz CT molecular complexity index is 863. The molecule has 2 aromatic carbocycles. The van der Waals surface area contributed by atoms with Crippen molar-refractivity contribution in [2.45, 2.75) is 77.1 Å². The maximum Gasteiger partial charge on any atom is 0.165 e. The second-order valence-electron chi connectivity index (χ2n) is 8.15. The average Bonchev–Trinajstić information content (AvgIpc) is 2.77. The Morgan fingerprint density at radius 2 is 1.74 bits per heavy atom. The Kier molecular flexibility index (Phi) is 8.38. The molecule has 0 heterocycles. The van der Waals surface area contributed by atoms with E-state index in [9.17, 15) is 18.3 Å². The van der Waals surface area contributed by atoms with Gasteiger partial charge >= 0.3 is 0 Å². The second-order valence-corrected chi connectivity index (χ2v) is 8.15. The molecule has 6 heteroatoms. The fourth-order valence-corrected chi connectivity index (χ4v) is 4.22. The van der Waals surface area contributed by atoms with Gasteiger partial charge in [-0.3, -0.25) is 0 Å². The summed E-state index contributed by atoms with van der Waals surface area (Å²) in [4.78, 5) is 0. The third-order valence-electron chi connectivity index (χ3n) is 5.99. The molecule has 3 rings (SSSR count). The van der Waals surface area contributed by atoms with Gasteiger partial charge < -0.3 is 14.6 Å². The summed E-state index contributed by atoms with van der Waals surface area (Å²) in [7, 11) is 0. The third kappa shape index (κ3) is 5.80. The van der Waals surface area contributed by atoms with Crippen molar-refractivity contribution in [1.29, 1.82) is 0 Å². The summed E-state index contributed by atoms with van der Waals surface area (Å²) >= 11 is 0. The lowest BCUT2D eigenvalue weighted by molar-refractivity contribution is 0.0118. The van der Waals surface area contributed by atoms with Crippen molar-refractivity contribution in [3.63, 3.8) is 0 Å². The molecule has 0 radical (unpaired) electrons. The first-order valence-electron chi connectivity index (χ1n) is 11.1. The van der Waals surface area contributed by atoms with Crippen LogP contribution >= 0.6 is 0 Å². The van der Waals surface area contributed by atoms with Crippen molar-refractivity contribution in [3.05, 3.63) is 64.5 Å². The van der Waals surface area contributed by atoms with Gasteiger partial charge in [0.25, 0.3) is 0 Å². The zero-order chi connectivity index (χ0) is 22.4. The monoisotopic (exact) mass is 436 g/mol. The highest BCUT2D eigenvalue weighted by Gasteiger charge is 2.25. The highest BCUT2D eigenvalue weighted by molar-refractivity contribution is 5.31. The minimum absolute atomic E-state index is 0.00815. The van der Waals surface area contributed by atoms with E-state index in [1.54, 1.807) is 12.1 Å². The number of hydrogen-bond donors (Lipinski definition) is 1. The van der Waals surface area contributed by atoms with E-state index in [0.717, 1.165) is 31.2 Å². The quantitative estimate of drug-likeness (QED) is 0.483. The summed E-state index contributed by atoms with van der Waals surface area (Å²) in [6.07, 6.45) is 3.25. The number of aliphatic hydroxyl groups is 1. The molecule has 0 amide bonds. The molecule has 1 unspecified atom stereocenters. The first-order chi connectivity index (χ1) is 14.9. The van der Waals surface area contributed by atoms with Crippen LogP contribution < -0.4 is 4.74 Å². The lowest BCUT2D eigenvalue weighted by atomic mass is 9.82. The molecule has 2 aromatic rings. The molecular weight excluding hydrogens is 405 g/mol. The van der Waals surface area contributed by atoms with Crippen molar-refractivity contribution >= 4 is 0 Å². The van der Waals surface area contributed by atoms with Crippen molar-refractivity contribution in [2.75, 3.05) is 6.61 Å². The number of benzene rings is 2. The molecule has 0 saturated heterocycles. The van der Waals surface area contributed by atoms with E-state index in [-0.39, 0.29) is 41.3 Å². The summed E-state index contributed by atoms with van der Waals surface area (Å²) in [5.41, 5.74) is 1.10. The van der Waals surface area contributed by atoms with Crippen LogP contribution in [0.3, 0.4) is 0 Å². The van der Waals surface area contributed by atoms with Crippen LogP contribution in [0.25, 0.3) is 0 Å². The molecule has 1 aliphatic carbocycles. The van der Waals surface area contributed by atoms with Gasteiger partial charge in [0, 0.05) is 11.1 Å². The summed E-state index contributed by atoms with van der Waals surface area (Å²) < 4.78 is 54.0. The lowest BCUT2D eigenvalue weighted by Crippen LogP contribution is -2.21. The average molecular weight is 437 g/mol. The Morgan fingerprint density at radius 1 is 1.00 bits per heavy atom. The minimum atomic E-state index is -1.00. The van der Waals surface area contributed by atoms with Gasteiger partial charge in [0.1, 0.15) is 0 Å². The predicted molar refractivity (Wildman–Crippen MR) is 114 cm³/mol. The van der Waals surface area contributed by atoms with Crippen molar-refractivity contribution in [2.24, 2.45) is 0 Å². The minimum Gasteiger partial charge on any atom is -0.491 e.